The molecule has 0 aliphatic heterocycles. The summed E-state index contributed by atoms with van der Waals surface area (Å²) in [6, 6.07) is 8.04. The predicted octanol–water partition coefficient (Wildman–Crippen LogP) is 1.21. The SMILES string of the molecule is COc1ccc(CCNC[C@@H](C)O)cc1. The van der Waals surface area contributed by atoms with Gasteiger partial charge in [-0.3, -0.25) is 0 Å². The fourth-order valence-corrected chi connectivity index (χ4v) is 1.34. The second-order valence-electron chi connectivity index (χ2n) is 3.65. The minimum Gasteiger partial charge on any atom is -0.497 e. The quantitative estimate of drug-likeness (QED) is 0.692. The summed E-state index contributed by atoms with van der Waals surface area (Å²) in [6.07, 6.45) is 0.692. The molecule has 0 saturated heterocycles. The van der Waals surface area contributed by atoms with Gasteiger partial charge in [0.1, 0.15) is 5.75 Å². The maximum atomic E-state index is 9.04. The summed E-state index contributed by atoms with van der Waals surface area (Å²) < 4.78 is 5.08. The van der Waals surface area contributed by atoms with Gasteiger partial charge >= 0.3 is 0 Å². The van der Waals surface area contributed by atoms with Crippen LogP contribution in [0.15, 0.2) is 24.3 Å². The number of aliphatic hydroxyl groups is 1. The van der Waals surface area contributed by atoms with Crippen LogP contribution in [-0.2, 0) is 6.42 Å². The van der Waals surface area contributed by atoms with Crippen LogP contribution < -0.4 is 10.1 Å². The van der Waals surface area contributed by atoms with Gasteiger partial charge in [-0.15, -0.1) is 0 Å². The van der Waals surface area contributed by atoms with Gasteiger partial charge in [0.15, 0.2) is 0 Å². The molecule has 1 aromatic rings. The van der Waals surface area contributed by atoms with Crippen LogP contribution in [0.3, 0.4) is 0 Å². The van der Waals surface area contributed by atoms with Crippen LogP contribution in [0.1, 0.15) is 12.5 Å². The summed E-state index contributed by atoms with van der Waals surface area (Å²) in [4.78, 5) is 0. The third-order valence-corrected chi connectivity index (χ3v) is 2.19. The third-order valence-electron chi connectivity index (χ3n) is 2.19. The molecule has 0 bridgehead atoms. The lowest BCUT2D eigenvalue weighted by Gasteiger charge is -2.07. The first kappa shape index (κ1) is 12.0. The Morgan fingerprint density at radius 1 is 1.33 bits per heavy atom. The van der Waals surface area contributed by atoms with Gasteiger partial charge in [-0.1, -0.05) is 12.1 Å². The molecule has 1 rings (SSSR count). The molecule has 1 aromatic carbocycles. The Balaban J connectivity index is 2.25. The van der Waals surface area contributed by atoms with Crippen molar-refractivity contribution in [3.05, 3.63) is 29.8 Å². The second-order valence-corrected chi connectivity index (χ2v) is 3.65. The van der Waals surface area contributed by atoms with Crippen molar-refractivity contribution in [3.8, 4) is 5.75 Å². The number of hydrogen-bond donors (Lipinski definition) is 2. The maximum absolute atomic E-state index is 9.04. The molecule has 1 atom stereocenters. The summed E-state index contributed by atoms with van der Waals surface area (Å²) in [6.45, 7) is 3.31. The lowest BCUT2D eigenvalue weighted by atomic mass is 10.1. The second kappa shape index (κ2) is 6.43. The molecule has 0 heterocycles. The zero-order chi connectivity index (χ0) is 11.1. The Labute approximate surface area is 91.1 Å². The van der Waals surface area contributed by atoms with E-state index in [0.29, 0.717) is 6.54 Å². The average molecular weight is 209 g/mol. The zero-order valence-corrected chi connectivity index (χ0v) is 9.36. The van der Waals surface area contributed by atoms with E-state index >= 15 is 0 Å². The highest BCUT2D eigenvalue weighted by molar-refractivity contribution is 5.27. The number of hydrogen-bond acceptors (Lipinski definition) is 3. The van der Waals surface area contributed by atoms with Gasteiger partial charge in [0, 0.05) is 6.54 Å². The molecule has 0 aliphatic carbocycles. The van der Waals surface area contributed by atoms with Crippen molar-refractivity contribution < 1.29 is 9.84 Å². The fraction of sp³-hybridized carbons (Fsp3) is 0.500. The molecule has 0 spiro atoms. The van der Waals surface area contributed by atoms with E-state index < -0.39 is 0 Å². The Hall–Kier alpha value is -1.06. The van der Waals surface area contributed by atoms with Crippen LogP contribution in [0, 0.1) is 0 Å². The maximum Gasteiger partial charge on any atom is 0.118 e. The number of ether oxygens (including phenoxy) is 1. The molecule has 84 valence electrons. The van der Waals surface area contributed by atoms with Crippen molar-refractivity contribution in [1.82, 2.24) is 5.32 Å². The Bertz CT molecular complexity index is 269. The summed E-state index contributed by atoms with van der Waals surface area (Å²) >= 11 is 0. The van der Waals surface area contributed by atoms with E-state index in [0.717, 1.165) is 18.7 Å². The smallest absolute Gasteiger partial charge is 0.118 e. The first-order valence-electron chi connectivity index (χ1n) is 5.24. The van der Waals surface area contributed by atoms with E-state index in [2.05, 4.69) is 17.4 Å². The van der Waals surface area contributed by atoms with Gasteiger partial charge < -0.3 is 15.2 Å². The molecule has 0 fully saturated rings. The van der Waals surface area contributed by atoms with Crippen molar-refractivity contribution in [2.24, 2.45) is 0 Å². The molecule has 0 aliphatic rings. The Kier molecular flexibility index (Phi) is 5.15. The van der Waals surface area contributed by atoms with E-state index in [-0.39, 0.29) is 6.10 Å². The van der Waals surface area contributed by atoms with Gasteiger partial charge in [0.25, 0.3) is 0 Å². The van der Waals surface area contributed by atoms with Crippen LogP contribution in [0.25, 0.3) is 0 Å². The van der Waals surface area contributed by atoms with Gasteiger partial charge in [0.05, 0.1) is 13.2 Å². The van der Waals surface area contributed by atoms with E-state index in [1.54, 1.807) is 14.0 Å². The van der Waals surface area contributed by atoms with E-state index in [9.17, 15) is 0 Å². The number of nitrogens with one attached hydrogen (secondary N) is 1. The normalized spacial score (nSPS) is 12.5. The molecular weight excluding hydrogens is 190 g/mol. The summed E-state index contributed by atoms with van der Waals surface area (Å²) in [5, 5.41) is 12.2. The molecular formula is C12H19NO2. The predicted molar refractivity (Wildman–Crippen MR) is 61.2 cm³/mol. The number of methoxy groups -OCH3 is 1. The molecule has 2 N–H and O–H groups in total. The van der Waals surface area contributed by atoms with E-state index in [4.69, 9.17) is 9.84 Å². The molecule has 0 radical (unpaired) electrons. The van der Waals surface area contributed by atoms with Crippen molar-refractivity contribution in [3.63, 3.8) is 0 Å². The van der Waals surface area contributed by atoms with Gasteiger partial charge in [-0.25, -0.2) is 0 Å². The topological polar surface area (TPSA) is 41.5 Å². The highest BCUT2D eigenvalue weighted by atomic mass is 16.5. The molecule has 0 amide bonds. The van der Waals surface area contributed by atoms with E-state index in [1.165, 1.54) is 5.56 Å². The van der Waals surface area contributed by atoms with Crippen molar-refractivity contribution in [2.45, 2.75) is 19.4 Å². The van der Waals surface area contributed by atoms with Gasteiger partial charge in [-0.05, 0) is 37.6 Å². The lowest BCUT2D eigenvalue weighted by molar-refractivity contribution is 0.191. The molecule has 0 aromatic heterocycles. The molecule has 0 saturated carbocycles. The minimum atomic E-state index is -0.277. The number of benzene rings is 1. The van der Waals surface area contributed by atoms with Crippen LogP contribution in [-0.4, -0.2) is 31.4 Å². The highest BCUT2D eigenvalue weighted by Crippen LogP contribution is 2.11. The van der Waals surface area contributed by atoms with Crippen molar-refractivity contribution in [2.75, 3.05) is 20.2 Å². The highest BCUT2D eigenvalue weighted by Gasteiger charge is 1.96. The number of aliphatic hydroxyl groups excluding tert-OH is 1. The van der Waals surface area contributed by atoms with Crippen LogP contribution in [0.2, 0.25) is 0 Å². The summed E-state index contributed by atoms with van der Waals surface area (Å²) in [7, 11) is 1.67. The monoisotopic (exact) mass is 209 g/mol. The van der Waals surface area contributed by atoms with E-state index in [1.807, 2.05) is 12.1 Å². The Morgan fingerprint density at radius 2 is 2.00 bits per heavy atom. The summed E-state index contributed by atoms with van der Waals surface area (Å²) in [5.41, 5.74) is 1.27. The zero-order valence-electron chi connectivity index (χ0n) is 9.36. The lowest BCUT2D eigenvalue weighted by Crippen LogP contribution is -2.26. The van der Waals surface area contributed by atoms with Gasteiger partial charge in [-0.2, -0.15) is 0 Å². The largest absolute Gasteiger partial charge is 0.497 e. The minimum absolute atomic E-state index is 0.277. The Morgan fingerprint density at radius 3 is 2.53 bits per heavy atom. The van der Waals surface area contributed by atoms with Crippen LogP contribution >= 0.6 is 0 Å². The first-order chi connectivity index (χ1) is 7.22. The first-order valence-corrected chi connectivity index (χ1v) is 5.24. The molecule has 3 heteroatoms. The van der Waals surface area contributed by atoms with Crippen LogP contribution in [0.5, 0.6) is 5.75 Å². The summed E-state index contributed by atoms with van der Waals surface area (Å²) in [5.74, 6) is 0.885. The molecule has 3 nitrogen and oxygen atoms in total. The molecule has 0 unspecified atom stereocenters. The van der Waals surface area contributed by atoms with Crippen molar-refractivity contribution >= 4 is 0 Å². The van der Waals surface area contributed by atoms with Crippen molar-refractivity contribution in [1.29, 1.82) is 0 Å². The third kappa shape index (κ3) is 4.81. The number of rotatable bonds is 6. The fourth-order valence-electron chi connectivity index (χ4n) is 1.34. The molecule has 15 heavy (non-hydrogen) atoms. The van der Waals surface area contributed by atoms with Gasteiger partial charge in [0.2, 0.25) is 0 Å². The standard InChI is InChI=1S/C12H19NO2/c1-10(14)9-13-8-7-11-3-5-12(15-2)6-4-11/h3-6,10,13-14H,7-9H2,1-2H3/t10-/m1/s1. The van der Waals surface area contributed by atoms with Crippen LogP contribution in [0.4, 0.5) is 0 Å². The average Bonchev–Trinajstić information content (AvgIpc) is 2.25.